The summed E-state index contributed by atoms with van der Waals surface area (Å²) in [6, 6.07) is 9.18. The van der Waals surface area contributed by atoms with Crippen molar-refractivity contribution in [3.63, 3.8) is 0 Å². The van der Waals surface area contributed by atoms with Gasteiger partial charge in [-0.1, -0.05) is 29.1 Å². The second-order valence-electron chi connectivity index (χ2n) is 4.50. The van der Waals surface area contributed by atoms with Crippen LogP contribution in [0.25, 0.3) is 21.1 Å². The fourth-order valence-electron chi connectivity index (χ4n) is 2.11. The normalized spacial score (nSPS) is 11.3. The molecular weight excluding hydrogens is 318 g/mol. The Hall–Kier alpha value is -2.32. The van der Waals surface area contributed by atoms with Crippen LogP contribution in [0.15, 0.2) is 51.9 Å². The van der Waals surface area contributed by atoms with Crippen molar-refractivity contribution in [1.29, 1.82) is 0 Å². The van der Waals surface area contributed by atoms with Gasteiger partial charge in [0.15, 0.2) is 0 Å². The van der Waals surface area contributed by atoms with E-state index in [1.165, 1.54) is 22.8 Å². The molecule has 0 spiro atoms. The Morgan fingerprint density at radius 2 is 2.05 bits per heavy atom. The maximum atomic E-state index is 12.4. The fraction of sp³-hybridized carbons (Fsp3) is 0.0714. The van der Waals surface area contributed by atoms with Crippen molar-refractivity contribution >= 4 is 44.2 Å². The highest BCUT2D eigenvalue weighted by Crippen LogP contribution is 2.28. The van der Waals surface area contributed by atoms with E-state index in [0.717, 1.165) is 15.2 Å². The number of aromatic nitrogens is 5. The minimum atomic E-state index is -0.145. The van der Waals surface area contributed by atoms with E-state index in [9.17, 15) is 4.79 Å². The van der Waals surface area contributed by atoms with Gasteiger partial charge in [-0.05, 0) is 23.6 Å². The Morgan fingerprint density at radius 3 is 3.00 bits per heavy atom. The average Bonchev–Trinajstić information content (AvgIpc) is 3.04. The maximum absolute atomic E-state index is 12.4. The lowest BCUT2D eigenvalue weighted by Crippen LogP contribution is -2.23. The molecule has 0 aliphatic rings. The SMILES string of the molecule is O=c1c2ccccc2nnn1CSc1ncnc2sccc12. The van der Waals surface area contributed by atoms with E-state index in [0.29, 0.717) is 16.8 Å². The first-order valence-electron chi connectivity index (χ1n) is 6.46. The molecule has 0 bridgehead atoms. The quantitative estimate of drug-likeness (QED) is 0.425. The zero-order valence-corrected chi connectivity index (χ0v) is 12.8. The largest absolute Gasteiger partial charge is 0.278 e. The van der Waals surface area contributed by atoms with Crippen LogP contribution < -0.4 is 5.56 Å². The number of hydrogen-bond donors (Lipinski definition) is 0. The molecule has 22 heavy (non-hydrogen) atoms. The van der Waals surface area contributed by atoms with Gasteiger partial charge < -0.3 is 0 Å². The molecule has 3 heterocycles. The molecule has 0 aliphatic carbocycles. The highest BCUT2D eigenvalue weighted by Gasteiger charge is 2.08. The van der Waals surface area contributed by atoms with Crippen molar-refractivity contribution in [3.05, 3.63) is 52.4 Å². The third kappa shape index (κ3) is 2.26. The lowest BCUT2D eigenvalue weighted by atomic mass is 10.2. The number of rotatable bonds is 3. The molecule has 0 radical (unpaired) electrons. The number of hydrogen-bond acceptors (Lipinski definition) is 7. The summed E-state index contributed by atoms with van der Waals surface area (Å²) in [7, 11) is 0. The molecule has 0 amide bonds. The van der Waals surface area contributed by atoms with Gasteiger partial charge in [-0.25, -0.2) is 9.97 Å². The summed E-state index contributed by atoms with van der Waals surface area (Å²) < 4.78 is 1.35. The molecular formula is C14H9N5OS2. The van der Waals surface area contributed by atoms with E-state index in [1.807, 2.05) is 23.6 Å². The maximum Gasteiger partial charge on any atom is 0.278 e. The highest BCUT2D eigenvalue weighted by molar-refractivity contribution is 7.98. The van der Waals surface area contributed by atoms with E-state index in [2.05, 4.69) is 20.3 Å². The third-order valence-corrected chi connectivity index (χ3v) is 4.97. The summed E-state index contributed by atoms with van der Waals surface area (Å²) in [4.78, 5) is 21.8. The van der Waals surface area contributed by atoms with Gasteiger partial charge in [-0.15, -0.1) is 16.4 Å². The molecule has 1 aromatic carbocycles. The van der Waals surface area contributed by atoms with E-state index < -0.39 is 0 Å². The first kappa shape index (κ1) is 13.4. The minimum Gasteiger partial charge on any atom is -0.267 e. The molecule has 0 aliphatic heterocycles. The zero-order valence-electron chi connectivity index (χ0n) is 11.2. The standard InChI is InChI=1S/C14H9N5OS2/c20-14-9-3-1-2-4-11(9)17-18-19(14)8-22-13-10-5-6-21-12(10)15-7-16-13/h1-7H,8H2. The van der Waals surface area contributed by atoms with Crippen LogP contribution in [0.1, 0.15) is 0 Å². The van der Waals surface area contributed by atoms with Crippen molar-refractivity contribution in [2.24, 2.45) is 0 Å². The van der Waals surface area contributed by atoms with Crippen LogP contribution in [0.2, 0.25) is 0 Å². The van der Waals surface area contributed by atoms with Crippen molar-refractivity contribution in [2.75, 3.05) is 0 Å². The van der Waals surface area contributed by atoms with Crippen LogP contribution in [0.3, 0.4) is 0 Å². The Bertz CT molecular complexity index is 1030. The van der Waals surface area contributed by atoms with Crippen molar-refractivity contribution in [2.45, 2.75) is 10.9 Å². The van der Waals surface area contributed by atoms with E-state index in [4.69, 9.17) is 0 Å². The molecule has 6 nitrogen and oxygen atoms in total. The molecule has 108 valence electrons. The minimum absolute atomic E-state index is 0.145. The van der Waals surface area contributed by atoms with Crippen LogP contribution in [0.5, 0.6) is 0 Å². The van der Waals surface area contributed by atoms with Crippen LogP contribution in [0, 0.1) is 0 Å². The number of nitrogens with zero attached hydrogens (tertiary/aromatic N) is 5. The van der Waals surface area contributed by atoms with Gasteiger partial charge in [-0.3, -0.25) is 4.79 Å². The molecule has 0 saturated heterocycles. The highest BCUT2D eigenvalue weighted by atomic mass is 32.2. The summed E-state index contributed by atoms with van der Waals surface area (Å²) in [6.07, 6.45) is 1.54. The first-order chi connectivity index (χ1) is 10.8. The Morgan fingerprint density at radius 1 is 1.14 bits per heavy atom. The molecule has 0 fully saturated rings. The predicted octanol–water partition coefficient (Wildman–Crippen LogP) is 2.55. The predicted molar refractivity (Wildman–Crippen MR) is 87.1 cm³/mol. The van der Waals surface area contributed by atoms with E-state index >= 15 is 0 Å². The molecule has 0 saturated carbocycles. The van der Waals surface area contributed by atoms with Gasteiger partial charge in [0.1, 0.15) is 21.7 Å². The molecule has 0 atom stereocenters. The van der Waals surface area contributed by atoms with Crippen LogP contribution >= 0.6 is 23.1 Å². The van der Waals surface area contributed by atoms with Crippen molar-refractivity contribution in [3.8, 4) is 0 Å². The smallest absolute Gasteiger partial charge is 0.267 e. The van der Waals surface area contributed by atoms with E-state index in [-0.39, 0.29) is 5.56 Å². The lowest BCUT2D eigenvalue weighted by Gasteiger charge is -2.04. The second-order valence-corrected chi connectivity index (χ2v) is 6.33. The van der Waals surface area contributed by atoms with Crippen LogP contribution in [-0.4, -0.2) is 25.0 Å². The van der Waals surface area contributed by atoms with Gasteiger partial charge in [0.25, 0.3) is 5.56 Å². The second kappa shape index (κ2) is 5.47. The lowest BCUT2D eigenvalue weighted by molar-refractivity contribution is 0.644. The molecule has 8 heteroatoms. The van der Waals surface area contributed by atoms with Crippen molar-refractivity contribution in [1.82, 2.24) is 25.0 Å². The summed E-state index contributed by atoms with van der Waals surface area (Å²) in [5.41, 5.74) is 0.463. The van der Waals surface area contributed by atoms with Gasteiger partial charge in [0.2, 0.25) is 0 Å². The number of thioether (sulfide) groups is 1. The van der Waals surface area contributed by atoms with Crippen LogP contribution in [0.4, 0.5) is 0 Å². The summed E-state index contributed by atoms with van der Waals surface area (Å²) in [5, 5.41) is 12.4. The molecule has 0 N–H and O–H groups in total. The third-order valence-electron chi connectivity index (χ3n) is 3.18. The summed E-state index contributed by atoms with van der Waals surface area (Å²) in [6.45, 7) is 0. The monoisotopic (exact) mass is 327 g/mol. The topological polar surface area (TPSA) is 73.6 Å². The first-order valence-corrected chi connectivity index (χ1v) is 8.33. The average molecular weight is 327 g/mol. The molecule has 3 aromatic heterocycles. The zero-order chi connectivity index (χ0) is 14.9. The fourth-order valence-corrected chi connectivity index (χ4v) is 3.77. The molecule has 4 rings (SSSR count). The Labute approximate surface area is 132 Å². The summed E-state index contributed by atoms with van der Waals surface area (Å²) in [5.74, 6) is 0.360. The Kier molecular flexibility index (Phi) is 3.32. The Balaban J connectivity index is 1.68. The van der Waals surface area contributed by atoms with E-state index in [1.54, 1.807) is 23.5 Å². The number of benzene rings is 1. The number of thiophene rings is 1. The molecule has 4 aromatic rings. The number of fused-ring (bicyclic) bond motifs is 2. The summed E-state index contributed by atoms with van der Waals surface area (Å²) >= 11 is 3.01. The van der Waals surface area contributed by atoms with Gasteiger partial charge in [0.05, 0.1) is 11.3 Å². The van der Waals surface area contributed by atoms with Crippen molar-refractivity contribution < 1.29 is 0 Å². The van der Waals surface area contributed by atoms with Crippen LogP contribution in [-0.2, 0) is 5.88 Å². The van der Waals surface area contributed by atoms with Gasteiger partial charge >= 0.3 is 0 Å². The molecule has 0 unspecified atom stereocenters. The van der Waals surface area contributed by atoms with Gasteiger partial charge in [-0.2, -0.15) is 4.68 Å². The van der Waals surface area contributed by atoms with Gasteiger partial charge in [0, 0.05) is 5.39 Å².